The zero-order chi connectivity index (χ0) is 15.0. The van der Waals surface area contributed by atoms with Crippen LogP contribution in [0.15, 0.2) is 17.1 Å². The minimum Gasteiger partial charge on any atom is -0.489 e. The van der Waals surface area contributed by atoms with Crippen molar-refractivity contribution in [3.05, 3.63) is 27.2 Å². The molecule has 5 nitrogen and oxygen atoms in total. The van der Waals surface area contributed by atoms with E-state index < -0.39 is 0 Å². The van der Waals surface area contributed by atoms with Gasteiger partial charge in [0.2, 0.25) is 0 Å². The lowest BCUT2D eigenvalue weighted by Gasteiger charge is -2.11. The van der Waals surface area contributed by atoms with Crippen molar-refractivity contribution >= 4 is 40.8 Å². The molecule has 20 heavy (non-hydrogen) atoms. The first kappa shape index (κ1) is 17.2. The summed E-state index contributed by atoms with van der Waals surface area (Å²) in [7, 11) is 1.60. The van der Waals surface area contributed by atoms with E-state index in [0.29, 0.717) is 53.1 Å². The van der Waals surface area contributed by atoms with Gasteiger partial charge in [-0.05, 0) is 12.1 Å². The molecule has 0 bridgehead atoms. The summed E-state index contributed by atoms with van der Waals surface area (Å²) in [5, 5.41) is 4.09. The van der Waals surface area contributed by atoms with Crippen LogP contribution in [0.2, 0.25) is 15.1 Å². The van der Waals surface area contributed by atoms with Crippen LogP contribution >= 0.6 is 34.8 Å². The molecule has 1 aromatic carbocycles. The number of nitrogens with zero attached hydrogens (tertiary/aromatic N) is 1. The summed E-state index contributed by atoms with van der Waals surface area (Å²) in [5.41, 5.74) is 5.63. The second-order valence-electron chi connectivity index (χ2n) is 3.73. The van der Waals surface area contributed by atoms with E-state index in [1.54, 1.807) is 19.2 Å². The molecule has 0 fully saturated rings. The zero-order valence-electron chi connectivity index (χ0n) is 11.0. The van der Waals surface area contributed by atoms with Crippen molar-refractivity contribution in [3.8, 4) is 5.75 Å². The van der Waals surface area contributed by atoms with Crippen LogP contribution in [0.25, 0.3) is 0 Å². The van der Waals surface area contributed by atoms with Crippen LogP contribution in [0, 0.1) is 0 Å². The van der Waals surface area contributed by atoms with Crippen LogP contribution in [-0.2, 0) is 4.74 Å². The molecular weight excluding hydrogens is 325 g/mol. The number of benzene rings is 1. The number of nitrogens with one attached hydrogen (secondary N) is 1. The molecule has 112 valence electrons. The SMILES string of the molecule is COCCN=C(N)NCCOc1c(Cl)cc(Cl)cc1Cl. The van der Waals surface area contributed by atoms with Crippen molar-refractivity contribution in [2.24, 2.45) is 10.7 Å². The van der Waals surface area contributed by atoms with Gasteiger partial charge in [0.1, 0.15) is 6.61 Å². The Bertz CT molecular complexity index is 446. The van der Waals surface area contributed by atoms with E-state index in [2.05, 4.69) is 10.3 Å². The minimum atomic E-state index is 0.332. The van der Waals surface area contributed by atoms with E-state index in [-0.39, 0.29) is 0 Å². The van der Waals surface area contributed by atoms with Gasteiger partial charge < -0.3 is 20.5 Å². The van der Waals surface area contributed by atoms with Crippen LogP contribution in [0.5, 0.6) is 5.75 Å². The Morgan fingerprint density at radius 3 is 2.50 bits per heavy atom. The Morgan fingerprint density at radius 2 is 1.90 bits per heavy atom. The molecule has 3 N–H and O–H groups in total. The predicted molar refractivity (Wildman–Crippen MR) is 83.3 cm³/mol. The molecule has 0 radical (unpaired) electrons. The number of hydrogen-bond acceptors (Lipinski definition) is 3. The van der Waals surface area contributed by atoms with Crippen molar-refractivity contribution in [1.82, 2.24) is 5.32 Å². The summed E-state index contributed by atoms with van der Waals surface area (Å²) >= 11 is 17.8. The van der Waals surface area contributed by atoms with Crippen molar-refractivity contribution in [1.29, 1.82) is 0 Å². The van der Waals surface area contributed by atoms with E-state index in [1.165, 1.54) is 0 Å². The summed E-state index contributed by atoms with van der Waals surface area (Å²) in [6, 6.07) is 3.14. The number of ether oxygens (including phenoxy) is 2. The maximum Gasteiger partial charge on any atom is 0.188 e. The largest absolute Gasteiger partial charge is 0.489 e. The molecule has 0 heterocycles. The molecule has 0 aliphatic heterocycles. The topological polar surface area (TPSA) is 68.9 Å². The number of hydrogen-bond donors (Lipinski definition) is 2. The number of rotatable bonds is 7. The number of methoxy groups -OCH3 is 1. The van der Waals surface area contributed by atoms with Gasteiger partial charge in [0, 0.05) is 12.1 Å². The zero-order valence-corrected chi connectivity index (χ0v) is 13.2. The maximum atomic E-state index is 5.98. The Morgan fingerprint density at radius 1 is 1.25 bits per heavy atom. The third-order valence-corrected chi connectivity index (χ3v) is 2.97. The first-order valence-electron chi connectivity index (χ1n) is 5.84. The van der Waals surface area contributed by atoms with Gasteiger partial charge in [0.05, 0.1) is 29.7 Å². The Kier molecular flexibility index (Phi) is 7.84. The molecule has 1 aromatic rings. The Labute approximate surface area is 133 Å². The molecule has 0 saturated carbocycles. The highest BCUT2D eigenvalue weighted by Crippen LogP contribution is 2.35. The molecule has 0 spiro atoms. The summed E-state index contributed by atoms with van der Waals surface area (Å²) in [6.07, 6.45) is 0. The third kappa shape index (κ3) is 6.05. The Balaban J connectivity index is 2.36. The summed E-state index contributed by atoms with van der Waals surface area (Å²) in [4.78, 5) is 4.04. The Hall–Kier alpha value is -0.880. The average molecular weight is 341 g/mol. The molecule has 0 aliphatic carbocycles. The van der Waals surface area contributed by atoms with Gasteiger partial charge in [-0.25, -0.2) is 0 Å². The molecule has 0 amide bonds. The second-order valence-corrected chi connectivity index (χ2v) is 4.98. The van der Waals surface area contributed by atoms with E-state index in [4.69, 9.17) is 50.0 Å². The first-order chi connectivity index (χ1) is 9.54. The molecule has 0 aromatic heterocycles. The highest BCUT2D eigenvalue weighted by atomic mass is 35.5. The van der Waals surface area contributed by atoms with Gasteiger partial charge in [0.15, 0.2) is 11.7 Å². The molecule has 1 rings (SSSR count). The normalized spacial score (nSPS) is 11.5. The number of halogens is 3. The maximum absolute atomic E-state index is 5.98. The van der Waals surface area contributed by atoms with E-state index >= 15 is 0 Å². The summed E-state index contributed by atoms with van der Waals surface area (Å²) in [6.45, 7) is 1.83. The van der Waals surface area contributed by atoms with Crippen LogP contribution in [-0.4, -0.2) is 39.4 Å². The molecule has 0 aliphatic rings. The molecular formula is C12H16Cl3N3O2. The van der Waals surface area contributed by atoms with Crippen LogP contribution in [0.3, 0.4) is 0 Å². The number of aliphatic imine (C=N–C) groups is 1. The number of guanidine groups is 1. The molecule has 0 atom stereocenters. The highest BCUT2D eigenvalue weighted by Gasteiger charge is 2.08. The fourth-order valence-corrected chi connectivity index (χ4v) is 2.24. The molecule has 8 heteroatoms. The fourth-order valence-electron chi connectivity index (χ4n) is 1.31. The standard InChI is InChI=1S/C12H16Cl3N3O2/c1-19-4-2-17-12(16)18-3-5-20-11-9(14)6-8(13)7-10(11)15/h6-7H,2-5H2,1H3,(H3,16,17,18). The van der Waals surface area contributed by atoms with Gasteiger partial charge >= 0.3 is 0 Å². The summed E-state index contributed by atoms with van der Waals surface area (Å²) in [5.74, 6) is 0.730. The lowest BCUT2D eigenvalue weighted by atomic mass is 10.3. The quantitative estimate of drug-likeness (QED) is 0.455. The molecule has 0 saturated heterocycles. The smallest absolute Gasteiger partial charge is 0.188 e. The van der Waals surface area contributed by atoms with Gasteiger partial charge in [-0.3, -0.25) is 4.99 Å². The van der Waals surface area contributed by atoms with Crippen molar-refractivity contribution in [2.45, 2.75) is 0 Å². The second kappa shape index (κ2) is 9.13. The van der Waals surface area contributed by atoms with E-state index in [1.807, 2.05) is 0 Å². The van der Waals surface area contributed by atoms with Gasteiger partial charge in [0.25, 0.3) is 0 Å². The lowest BCUT2D eigenvalue weighted by molar-refractivity contribution is 0.208. The van der Waals surface area contributed by atoms with Crippen LogP contribution in [0.1, 0.15) is 0 Å². The monoisotopic (exact) mass is 339 g/mol. The van der Waals surface area contributed by atoms with E-state index in [9.17, 15) is 0 Å². The number of nitrogens with two attached hydrogens (primary N) is 1. The first-order valence-corrected chi connectivity index (χ1v) is 6.98. The predicted octanol–water partition coefficient (Wildman–Crippen LogP) is 2.58. The van der Waals surface area contributed by atoms with Crippen LogP contribution < -0.4 is 15.8 Å². The third-order valence-electron chi connectivity index (χ3n) is 2.20. The van der Waals surface area contributed by atoms with Crippen molar-refractivity contribution in [2.75, 3.05) is 33.4 Å². The molecule has 0 unspecified atom stereocenters. The fraction of sp³-hybridized carbons (Fsp3) is 0.417. The van der Waals surface area contributed by atoms with Crippen molar-refractivity contribution < 1.29 is 9.47 Å². The van der Waals surface area contributed by atoms with Gasteiger partial charge in [-0.2, -0.15) is 0 Å². The van der Waals surface area contributed by atoms with Crippen LogP contribution in [0.4, 0.5) is 0 Å². The van der Waals surface area contributed by atoms with Crippen molar-refractivity contribution in [3.63, 3.8) is 0 Å². The average Bonchev–Trinajstić information content (AvgIpc) is 2.37. The van der Waals surface area contributed by atoms with Gasteiger partial charge in [-0.1, -0.05) is 34.8 Å². The minimum absolute atomic E-state index is 0.332. The van der Waals surface area contributed by atoms with Gasteiger partial charge in [-0.15, -0.1) is 0 Å². The highest BCUT2D eigenvalue weighted by molar-refractivity contribution is 6.40. The summed E-state index contributed by atoms with van der Waals surface area (Å²) < 4.78 is 10.3. The van der Waals surface area contributed by atoms with E-state index in [0.717, 1.165) is 0 Å². The lowest BCUT2D eigenvalue weighted by Crippen LogP contribution is -2.35.